The van der Waals surface area contributed by atoms with Gasteiger partial charge >= 0.3 is 0 Å². The predicted octanol–water partition coefficient (Wildman–Crippen LogP) is 15.3. The van der Waals surface area contributed by atoms with Crippen LogP contribution >= 0.6 is 11.8 Å². The normalized spacial score (nSPS) is 11.8. The molecule has 0 atom stereocenters. The van der Waals surface area contributed by atoms with E-state index >= 15 is 0 Å². The maximum absolute atomic E-state index is 5.08. The van der Waals surface area contributed by atoms with E-state index < -0.39 is 0 Å². The highest BCUT2D eigenvalue weighted by Crippen LogP contribution is 2.51. The molecule has 0 saturated carbocycles. The third-order valence-corrected chi connectivity index (χ3v) is 12.1. The number of anilines is 6. The summed E-state index contributed by atoms with van der Waals surface area (Å²) in [6.07, 6.45) is 2.00. The van der Waals surface area contributed by atoms with Crippen molar-refractivity contribution in [1.29, 1.82) is 0 Å². The van der Waals surface area contributed by atoms with Crippen molar-refractivity contribution in [2.75, 3.05) is 9.80 Å². The number of nitrogens with zero attached hydrogens (tertiary/aromatic N) is 3. The van der Waals surface area contributed by atoms with Crippen LogP contribution in [0, 0.1) is 0 Å². The van der Waals surface area contributed by atoms with E-state index in [1.54, 1.807) is 0 Å². The molecule has 1 aliphatic heterocycles. The lowest BCUT2D eigenvalue weighted by Crippen LogP contribution is -2.10. The molecule has 10 aromatic rings. The van der Waals surface area contributed by atoms with Crippen LogP contribution in [0.4, 0.5) is 34.1 Å². The van der Waals surface area contributed by atoms with Crippen LogP contribution in [-0.2, 0) is 0 Å². The summed E-state index contributed by atoms with van der Waals surface area (Å²) in [5, 5.41) is 7.47. The zero-order valence-electron chi connectivity index (χ0n) is 31.0. The van der Waals surface area contributed by atoms with Crippen molar-refractivity contribution in [2.24, 2.45) is 0 Å². The van der Waals surface area contributed by atoms with Gasteiger partial charge in [-0.05, 0) is 129 Å². The first-order chi connectivity index (χ1) is 28.2. The van der Waals surface area contributed by atoms with Gasteiger partial charge in [0.1, 0.15) is 0 Å². The molecule has 57 heavy (non-hydrogen) atoms. The molecule has 268 valence electrons. The molecule has 0 radical (unpaired) electrons. The van der Waals surface area contributed by atoms with Gasteiger partial charge < -0.3 is 9.80 Å². The smallest absolute Gasteiger partial charge is 0.0703 e. The Balaban J connectivity index is 0.970. The lowest BCUT2D eigenvalue weighted by molar-refractivity contribution is 1.23. The number of benzene rings is 9. The minimum atomic E-state index is 0.946. The standard InChI is InChI=1S/C53H35N3S/c1-4-15-40(16-5-1)55(41-17-6-2-7-18-41)44-27-29-46-49-32-38-23-24-39(33-48(38)47-21-12-22-51(53(47)49)57-52(46)34-44)50-30-28-45(35-54-50)56(42-19-8-3-9-20-42)43-26-25-36-13-10-11-14-37(36)31-43/h1-35H. The molecule has 1 aromatic heterocycles. The lowest BCUT2D eigenvalue weighted by atomic mass is 9.91. The Morgan fingerprint density at radius 2 is 0.965 bits per heavy atom. The van der Waals surface area contributed by atoms with Crippen LogP contribution in [0.25, 0.3) is 54.7 Å². The van der Waals surface area contributed by atoms with Gasteiger partial charge in [-0.25, -0.2) is 0 Å². The molecule has 1 aliphatic rings. The van der Waals surface area contributed by atoms with E-state index in [9.17, 15) is 0 Å². The van der Waals surface area contributed by atoms with Crippen molar-refractivity contribution in [2.45, 2.75) is 9.79 Å². The van der Waals surface area contributed by atoms with Gasteiger partial charge in [-0.1, -0.05) is 127 Å². The van der Waals surface area contributed by atoms with Crippen LogP contribution in [0.5, 0.6) is 0 Å². The maximum Gasteiger partial charge on any atom is 0.0703 e. The summed E-state index contributed by atoms with van der Waals surface area (Å²) in [6.45, 7) is 0. The Hall–Kier alpha value is -7.14. The fraction of sp³-hybridized carbons (Fsp3) is 0. The minimum absolute atomic E-state index is 0.946. The molecular formula is C53H35N3S. The number of fused-ring (bicyclic) bond motifs is 5. The first-order valence-corrected chi connectivity index (χ1v) is 20.1. The van der Waals surface area contributed by atoms with E-state index in [1.165, 1.54) is 53.2 Å². The summed E-state index contributed by atoms with van der Waals surface area (Å²) in [6, 6.07) is 74.1. The number of aromatic nitrogens is 1. The summed E-state index contributed by atoms with van der Waals surface area (Å²) >= 11 is 1.86. The first-order valence-electron chi connectivity index (χ1n) is 19.3. The van der Waals surface area contributed by atoms with E-state index in [4.69, 9.17) is 4.98 Å². The first kappa shape index (κ1) is 33.2. The van der Waals surface area contributed by atoms with Gasteiger partial charge in [0, 0.05) is 49.2 Å². The molecule has 0 amide bonds. The molecule has 3 nitrogen and oxygen atoms in total. The van der Waals surface area contributed by atoms with Crippen molar-refractivity contribution in [3.05, 3.63) is 212 Å². The monoisotopic (exact) mass is 745 g/mol. The van der Waals surface area contributed by atoms with Crippen LogP contribution < -0.4 is 9.80 Å². The zero-order chi connectivity index (χ0) is 37.7. The highest BCUT2D eigenvalue weighted by molar-refractivity contribution is 7.99. The van der Waals surface area contributed by atoms with Gasteiger partial charge in [0.2, 0.25) is 0 Å². The summed E-state index contributed by atoms with van der Waals surface area (Å²) in [4.78, 5) is 12.2. The van der Waals surface area contributed by atoms with Crippen molar-refractivity contribution in [3.8, 4) is 22.4 Å². The molecule has 0 N–H and O–H groups in total. The molecule has 4 heteroatoms. The molecule has 11 rings (SSSR count). The number of rotatable bonds is 7. The largest absolute Gasteiger partial charge is 0.310 e. The van der Waals surface area contributed by atoms with Crippen LogP contribution in [0.2, 0.25) is 0 Å². The molecule has 0 spiro atoms. The predicted molar refractivity (Wildman–Crippen MR) is 241 cm³/mol. The maximum atomic E-state index is 5.08. The van der Waals surface area contributed by atoms with E-state index in [0.29, 0.717) is 0 Å². The van der Waals surface area contributed by atoms with Crippen LogP contribution in [0.3, 0.4) is 0 Å². The fourth-order valence-corrected chi connectivity index (χ4v) is 9.51. The van der Waals surface area contributed by atoms with Crippen molar-refractivity contribution < 1.29 is 0 Å². The Kier molecular flexibility index (Phi) is 8.08. The number of pyridine rings is 1. The Labute approximate surface area is 336 Å². The Morgan fingerprint density at radius 1 is 0.351 bits per heavy atom. The second kappa shape index (κ2) is 13.9. The fourth-order valence-electron chi connectivity index (χ4n) is 8.34. The second-order valence-corrected chi connectivity index (χ2v) is 15.5. The highest BCUT2D eigenvalue weighted by Gasteiger charge is 2.23. The molecular weight excluding hydrogens is 711 g/mol. The Morgan fingerprint density at radius 3 is 1.67 bits per heavy atom. The average Bonchev–Trinajstić information content (AvgIpc) is 3.28. The van der Waals surface area contributed by atoms with Crippen LogP contribution in [0.1, 0.15) is 0 Å². The average molecular weight is 746 g/mol. The van der Waals surface area contributed by atoms with E-state index in [0.717, 1.165) is 45.4 Å². The molecule has 0 unspecified atom stereocenters. The van der Waals surface area contributed by atoms with Gasteiger partial charge in [-0.2, -0.15) is 0 Å². The lowest BCUT2D eigenvalue weighted by Gasteiger charge is -2.28. The minimum Gasteiger partial charge on any atom is -0.310 e. The summed E-state index contributed by atoms with van der Waals surface area (Å²) in [5.41, 5.74) is 11.2. The summed E-state index contributed by atoms with van der Waals surface area (Å²) in [7, 11) is 0. The second-order valence-electron chi connectivity index (χ2n) is 14.4. The summed E-state index contributed by atoms with van der Waals surface area (Å²) in [5.74, 6) is 0. The third kappa shape index (κ3) is 5.90. The molecule has 0 aliphatic carbocycles. The number of hydrogen-bond donors (Lipinski definition) is 0. The van der Waals surface area contributed by atoms with E-state index in [-0.39, 0.29) is 0 Å². The number of para-hydroxylation sites is 3. The molecule has 0 bridgehead atoms. The number of hydrogen-bond acceptors (Lipinski definition) is 4. The van der Waals surface area contributed by atoms with Crippen molar-refractivity contribution in [1.82, 2.24) is 4.98 Å². The van der Waals surface area contributed by atoms with Gasteiger partial charge in [-0.15, -0.1) is 0 Å². The van der Waals surface area contributed by atoms with E-state index in [1.807, 2.05) is 18.0 Å². The highest BCUT2D eigenvalue weighted by atomic mass is 32.2. The van der Waals surface area contributed by atoms with Gasteiger partial charge in [0.05, 0.1) is 17.6 Å². The zero-order valence-corrected chi connectivity index (χ0v) is 31.8. The quantitative estimate of drug-likeness (QED) is 0.151. The van der Waals surface area contributed by atoms with Gasteiger partial charge in [-0.3, -0.25) is 4.98 Å². The molecule has 9 aromatic carbocycles. The molecule has 0 fully saturated rings. The summed E-state index contributed by atoms with van der Waals surface area (Å²) < 4.78 is 0. The Bertz CT molecular complexity index is 3050. The van der Waals surface area contributed by atoms with Crippen molar-refractivity contribution >= 4 is 78.2 Å². The van der Waals surface area contributed by atoms with E-state index in [2.05, 4.69) is 216 Å². The molecule has 2 heterocycles. The SMILES string of the molecule is c1ccc(N(c2ccccc2)c2ccc3c(c2)Sc2cccc4c2c-3cc2ccc(-c3ccc(N(c5ccccc5)c5ccc6ccccc6c5)cn3)cc24)cc1. The van der Waals surface area contributed by atoms with Crippen LogP contribution in [-0.4, -0.2) is 4.98 Å². The molecule has 0 saturated heterocycles. The van der Waals surface area contributed by atoms with Crippen molar-refractivity contribution in [3.63, 3.8) is 0 Å². The third-order valence-electron chi connectivity index (χ3n) is 11.0. The van der Waals surface area contributed by atoms with Gasteiger partial charge in [0.15, 0.2) is 0 Å². The topological polar surface area (TPSA) is 19.4 Å². The van der Waals surface area contributed by atoms with Gasteiger partial charge in [0.25, 0.3) is 0 Å². The van der Waals surface area contributed by atoms with Crippen LogP contribution in [0.15, 0.2) is 222 Å².